The number of nitrogens with zero attached hydrogens (tertiary/aromatic N) is 2. The molecule has 0 radical (unpaired) electrons. The molecule has 0 bridgehead atoms. The van der Waals surface area contributed by atoms with Crippen LogP contribution in [0.15, 0.2) is 42.6 Å². The minimum absolute atomic E-state index is 0.0193. The quantitative estimate of drug-likeness (QED) is 0.844. The number of fused-ring (bicyclic) bond motifs is 1. The van der Waals surface area contributed by atoms with E-state index in [1.165, 1.54) is 0 Å². The van der Waals surface area contributed by atoms with E-state index < -0.39 is 0 Å². The van der Waals surface area contributed by atoms with Crippen LogP contribution >= 0.6 is 0 Å². The molecule has 1 amide bonds. The number of hydrogen-bond donors (Lipinski definition) is 1. The lowest BCUT2D eigenvalue weighted by molar-refractivity contribution is -0.124. The highest BCUT2D eigenvalue weighted by molar-refractivity contribution is 5.95. The molecule has 20 heavy (non-hydrogen) atoms. The van der Waals surface area contributed by atoms with Crippen molar-refractivity contribution in [2.45, 2.75) is 12.5 Å². The van der Waals surface area contributed by atoms with Gasteiger partial charge < -0.3 is 10.6 Å². The van der Waals surface area contributed by atoms with Crippen molar-refractivity contribution in [1.82, 2.24) is 9.88 Å². The van der Waals surface area contributed by atoms with E-state index in [0.717, 1.165) is 29.4 Å². The number of carbonyl (C=O) groups excluding carboxylic acids is 1. The van der Waals surface area contributed by atoms with Crippen molar-refractivity contribution in [3.05, 3.63) is 48.2 Å². The first-order chi connectivity index (χ1) is 9.74. The maximum atomic E-state index is 12.1. The molecular formula is C16H17N3O. The smallest absolute Gasteiger partial charge is 0.246 e. The van der Waals surface area contributed by atoms with Gasteiger partial charge in [0.1, 0.15) is 0 Å². The van der Waals surface area contributed by atoms with Crippen molar-refractivity contribution in [3.8, 4) is 0 Å². The molecular weight excluding hydrogens is 250 g/mol. The topological polar surface area (TPSA) is 59.2 Å². The van der Waals surface area contributed by atoms with Crippen molar-refractivity contribution in [3.63, 3.8) is 0 Å². The average Bonchev–Trinajstić information content (AvgIpc) is 2.91. The molecule has 2 heterocycles. The Kier molecular flexibility index (Phi) is 3.48. The molecule has 0 saturated carbocycles. The summed E-state index contributed by atoms with van der Waals surface area (Å²) in [7, 11) is 0. The van der Waals surface area contributed by atoms with Gasteiger partial charge in [-0.15, -0.1) is 0 Å². The fourth-order valence-electron chi connectivity index (χ4n) is 2.52. The Labute approximate surface area is 117 Å². The first-order valence-corrected chi connectivity index (χ1v) is 6.80. The third-order valence-electron chi connectivity index (χ3n) is 3.61. The highest BCUT2D eigenvalue weighted by Gasteiger charge is 2.21. The van der Waals surface area contributed by atoms with Crippen LogP contribution in [0, 0.1) is 0 Å². The Morgan fingerprint density at radius 1 is 1.35 bits per heavy atom. The monoisotopic (exact) mass is 267 g/mol. The summed E-state index contributed by atoms with van der Waals surface area (Å²) in [4.78, 5) is 18.2. The van der Waals surface area contributed by atoms with Crippen LogP contribution in [0.3, 0.4) is 0 Å². The highest BCUT2D eigenvalue weighted by Crippen LogP contribution is 2.17. The van der Waals surface area contributed by atoms with Crippen molar-refractivity contribution < 1.29 is 4.79 Å². The molecule has 4 heteroatoms. The van der Waals surface area contributed by atoms with Crippen molar-refractivity contribution in [2.75, 3.05) is 13.1 Å². The van der Waals surface area contributed by atoms with Gasteiger partial charge in [0.05, 0.1) is 5.52 Å². The van der Waals surface area contributed by atoms with Gasteiger partial charge in [-0.25, -0.2) is 0 Å². The summed E-state index contributed by atoms with van der Waals surface area (Å²) in [6.45, 7) is 1.40. The lowest BCUT2D eigenvalue weighted by Gasteiger charge is -2.12. The van der Waals surface area contributed by atoms with Gasteiger partial charge in [-0.2, -0.15) is 0 Å². The van der Waals surface area contributed by atoms with E-state index in [1.54, 1.807) is 17.2 Å². The van der Waals surface area contributed by atoms with Crippen LogP contribution in [0.2, 0.25) is 0 Å². The zero-order valence-corrected chi connectivity index (χ0v) is 11.2. The van der Waals surface area contributed by atoms with Crippen LogP contribution in [0.1, 0.15) is 12.0 Å². The normalized spacial score (nSPS) is 19.1. The molecule has 1 aromatic heterocycles. The standard InChI is InChI=1S/C16H17N3O/c17-14-8-10-19(11-14)15(20)7-6-13-4-1-3-12-5-2-9-18-16(12)13/h1-7,9,14H,8,10-11,17H2/b7-6+/t14-/m0/s1. The molecule has 1 aliphatic rings. The summed E-state index contributed by atoms with van der Waals surface area (Å²) < 4.78 is 0. The number of pyridine rings is 1. The molecule has 1 saturated heterocycles. The van der Waals surface area contributed by atoms with Crippen LogP contribution in [0.25, 0.3) is 17.0 Å². The van der Waals surface area contributed by atoms with Crippen molar-refractivity contribution in [1.29, 1.82) is 0 Å². The number of carbonyl (C=O) groups is 1. The fourth-order valence-corrected chi connectivity index (χ4v) is 2.52. The number of benzene rings is 1. The SMILES string of the molecule is N[C@H]1CCN(C(=O)/C=C/c2cccc3cccnc23)C1. The van der Waals surface area contributed by atoms with Gasteiger partial charge >= 0.3 is 0 Å². The van der Waals surface area contributed by atoms with E-state index in [2.05, 4.69) is 4.98 Å². The van der Waals surface area contributed by atoms with Gasteiger partial charge in [0.15, 0.2) is 0 Å². The van der Waals surface area contributed by atoms with E-state index in [4.69, 9.17) is 5.73 Å². The number of hydrogen-bond acceptors (Lipinski definition) is 3. The van der Waals surface area contributed by atoms with Crippen LogP contribution in [-0.2, 0) is 4.79 Å². The molecule has 1 atom stereocenters. The van der Waals surface area contributed by atoms with E-state index in [1.807, 2.05) is 36.4 Å². The molecule has 1 aliphatic heterocycles. The third-order valence-corrected chi connectivity index (χ3v) is 3.61. The van der Waals surface area contributed by atoms with Gasteiger partial charge in [-0.3, -0.25) is 9.78 Å². The minimum Gasteiger partial charge on any atom is -0.338 e. The molecule has 1 fully saturated rings. The first kappa shape index (κ1) is 12.8. The largest absolute Gasteiger partial charge is 0.338 e. The second-order valence-corrected chi connectivity index (χ2v) is 5.09. The summed E-state index contributed by atoms with van der Waals surface area (Å²) in [5, 5.41) is 1.07. The summed E-state index contributed by atoms with van der Waals surface area (Å²) in [5.41, 5.74) is 7.69. The minimum atomic E-state index is 0.0193. The van der Waals surface area contributed by atoms with E-state index in [9.17, 15) is 4.79 Å². The third kappa shape index (κ3) is 2.56. The fraction of sp³-hybridized carbons (Fsp3) is 0.250. The summed E-state index contributed by atoms with van der Waals surface area (Å²) in [6, 6.07) is 10.00. The molecule has 2 aromatic rings. The highest BCUT2D eigenvalue weighted by atomic mass is 16.2. The van der Waals surface area contributed by atoms with Gasteiger partial charge in [-0.1, -0.05) is 24.3 Å². The van der Waals surface area contributed by atoms with E-state index in [-0.39, 0.29) is 11.9 Å². The van der Waals surface area contributed by atoms with Crippen LogP contribution in [-0.4, -0.2) is 34.9 Å². The van der Waals surface area contributed by atoms with Gasteiger partial charge in [0.25, 0.3) is 0 Å². The molecule has 0 spiro atoms. The molecule has 102 valence electrons. The number of nitrogens with two attached hydrogens (primary N) is 1. The average molecular weight is 267 g/mol. The van der Waals surface area contributed by atoms with E-state index in [0.29, 0.717) is 6.54 Å². The zero-order chi connectivity index (χ0) is 13.9. The molecule has 4 nitrogen and oxygen atoms in total. The molecule has 0 aliphatic carbocycles. The van der Waals surface area contributed by atoms with Crippen molar-refractivity contribution >= 4 is 22.9 Å². The van der Waals surface area contributed by atoms with Crippen LogP contribution < -0.4 is 5.73 Å². The maximum absolute atomic E-state index is 12.1. The molecule has 3 rings (SSSR count). The predicted molar refractivity (Wildman–Crippen MR) is 79.9 cm³/mol. The van der Waals surface area contributed by atoms with Gasteiger partial charge in [-0.05, 0) is 18.6 Å². The van der Waals surface area contributed by atoms with E-state index >= 15 is 0 Å². The van der Waals surface area contributed by atoms with Crippen LogP contribution in [0.4, 0.5) is 0 Å². The lowest BCUT2D eigenvalue weighted by atomic mass is 10.1. The molecule has 1 aromatic carbocycles. The number of amides is 1. The van der Waals surface area contributed by atoms with Gasteiger partial charge in [0.2, 0.25) is 5.91 Å². The molecule has 0 unspecified atom stereocenters. The predicted octanol–water partition coefficient (Wildman–Crippen LogP) is 1.81. The van der Waals surface area contributed by atoms with Crippen LogP contribution in [0.5, 0.6) is 0 Å². The Morgan fingerprint density at radius 3 is 3.00 bits per heavy atom. The lowest BCUT2D eigenvalue weighted by Crippen LogP contribution is -2.30. The molecule has 2 N–H and O–H groups in total. The second-order valence-electron chi connectivity index (χ2n) is 5.09. The zero-order valence-electron chi connectivity index (χ0n) is 11.2. The second kappa shape index (κ2) is 5.43. The Bertz CT molecular complexity index is 660. The Morgan fingerprint density at radius 2 is 2.20 bits per heavy atom. The Balaban J connectivity index is 1.82. The van der Waals surface area contributed by atoms with Gasteiger partial charge in [0, 0.05) is 42.4 Å². The first-order valence-electron chi connectivity index (χ1n) is 6.80. The Hall–Kier alpha value is -2.20. The number of rotatable bonds is 2. The summed E-state index contributed by atoms with van der Waals surface area (Å²) in [6.07, 6.45) is 6.10. The number of para-hydroxylation sites is 1. The summed E-state index contributed by atoms with van der Waals surface area (Å²) >= 11 is 0. The van der Waals surface area contributed by atoms with Crippen molar-refractivity contribution in [2.24, 2.45) is 5.73 Å². The number of likely N-dealkylation sites (tertiary alicyclic amines) is 1. The number of aromatic nitrogens is 1. The maximum Gasteiger partial charge on any atom is 0.246 e. The summed E-state index contributed by atoms with van der Waals surface area (Å²) in [5.74, 6) is 0.0193.